The minimum absolute atomic E-state index is 0.232. The second-order valence-corrected chi connectivity index (χ2v) is 8.17. The highest BCUT2D eigenvalue weighted by Gasteiger charge is 2.29. The second kappa shape index (κ2) is 11.3. The fraction of sp³-hybridized carbons (Fsp3) is 0.360. The van der Waals surface area contributed by atoms with Crippen molar-refractivity contribution in [1.82, 2.24) is 30.3 Å². The van der Waals surface area contributed by atoms with E-state index < -0.39 is 0 Å². The minimum Gasteiger partial charge on any atom is -0.357 e. The third kappa shape index (κ3) is 6.19. The van der Waals surface area contributed by atoms with Crippen LogP contribution in [0.4, 0.5) is 0 Å². The van der Waals surface area contributed by atoms with Gasteiger partial charge >= 0.3 is 0 Å². The van der Waals surface area contributed by atoms with Crippen LogP contribution in [0.3, 0.4) is 0 Å². The summed E-state index contributed by atoms with van der Waals surface area (Å²) in [6.45, 7) is 5.43. The average Bonchev–Trinajstić information content (AvgIpc) is 3.47. The lowest BCUT2D eigenvalue weighted by atomic mass is 10.1. The van der Waals surface area contributed by atoms with Crippen LogP contribution >= 0.6 is 0 Å². The Morgan fingerprint density at radius 1 is 1.09 bits per heavy atom. The maximum absolute atomic E-state index is 12.5. The Balaban J connectivity index is 1.30. The molecule has 2 aromatic carbocycles. The van der Waals surface area contributed by atoms with Crippen molar-refractivity contribution in [1.29, 1.82) is 0 Å². The van der Waals surface area contributed by atoms with Crippen molar-refractivity contribution >= 4 is 11.9 Å². The van der Waals surface area contributed by atoms with E-state index in [1.165, 1.54) is 5.56 Å². The number of aliphatic imine (C=N–C) groups is 1. The highest BCUT2D eigenvalue weighted by atomic mass is 16.2. The highest BCUT2D eigenvalue weighted by Crippen LogP contribution is 2.17. The summed E-state index contributed by atoms with van der Waals surface area (Å²) in [7, 11) is 0. The Kier molecular flexibility index (Phi) is 7.68. The third-order valence-corrected chi connectivity index (χ3v) is 5.74. The zero-order valence-corrected chi connectivity index (χ0v) is 19.0. The second-order valence-electron chi connectivity index (χ2n) is 8.17. The van der Waals surface area contributed by atoms with Crippen molar-refractivity contribution in [3.63, 3.8) is 0 Å². The van der Waals surface area contributed by atoms with E-state index in [0.717, 1.165) is 43.5 Å². The molecule has 172 valence electrons. The number of amides is 1. The molecule has 0 radical (unpaired) electrons. The number of hydrogen-bond donors (Lipinski definition) is 2. The van der Waals surface area contributed by atoms with Gasteiger partial charge in [0.15, 0.2) is 11.8 Å². The molecule has 0 aliphatic carbocycles. The van der Waals surface area contributed by atoms with E-state index in [0.29, 0.717) is 19.5 Å². The zero-order valence-electron chi connectivity index (χ0n) is 19.0. The summed E-state index contributed by atoms with van der Waals surface area (Å²) in [5.74, 6) is 1.98. The molecular weight excluding hydrogens is 414 g/mol. The number of nitrogens with zero attached hydrogens (tertiary/aromatic N) is 5. The van der Waals surface area contributed by atoms with E-state index in [4.69, 9.17) is 0 Å². The summed E-state index contributed by atoms with van der Waals surface area (Å²) in [4.78, 5) is 19.1. The van der Waals surface area contributed by atoms with Crippen LogP contribution in [-0.2, 0) is 17.8 Å². The van der Waals surface area contributed by atoms with Gasteiger partial charge in [-0.3, -0.25) is 9.36 Å². The summed E-state index contributed by atoms with van der Waals surface area (Å²) < 4.78 is 1.94. The topological polar surface area (TPSA) is 87.4 Å². The molecule has 1 saturated heterocycles. The van der Waals surface area contributed by atoms with Crippen LogP contribution in [0, 0.1) is 5.92 Å². The Labute approximate surface area is 194 Å². The van der Waals surface area contributed by atoms with E-state index in [2.05, 4.69) is 38.0 Å². The molecule has 33 heavy (non-hydrogen) atoms. The fourth-order valence-electron chi connectivity index (χ4n) is 4.02. The van der Waals surface area contributed by atoms with Crippen LogP contribution in [0.1, 0.15) is 24.7 Å². The van der Waals surface area contributed by atoms with E-state index in [1.54, 1.807) is 6.33 Å². The molecule has 1 unspecified atom stereocenters. The quantitative estimate of drug-likeness (QED) is 0.390. The van der Waals surface area contributed by atoms with E-state index in [-0.39, 0.29) is 11.8 Å². The van der Waals surface area contributed by atoms with Gasteiger partial charge in [-0.25, -0.2) is 4.99 Å². The van der Waals surface area contributed by atoms with Gasteiger partial charge in [-0.05, 0) is 31.0 Å². The van der Waals surface area contributed by atoms with Crippen molar-refractivity contribution in [3.05, 3.63) is 78.4 Å². The van der Waals surface area contributed by atoms with Crippen molar-refractivity contribution < 1.29 is 4.79 Å². The maximum Gasteiger partial charge on any atom is 0.223 e. The number of aromatic nitrogens is 3. The molecule has 8 nitrogen and oxygen atoms in total. The van der Waals surface area contributed by atoms with Crippen LogP contribution in [0.25, 0.3) is 5.69 Å². The number of para-hydroxylation sites is 1. The van der Waals surface area contributed by atoms with E-state index in [9.17, 15) is 4.79 Å². The number of rotatable bonds is 9. The lowest BCUT2D eigenvalue weighted by molar-refractivity contribution is -0.127. The van der Waals surface area contributed by atoms with Gasteiger partial charge in [0.05, 0.1) is 0 Å². The van der Waals surface area contributed by atoms with Crippen molar-refractivity contribution in [2.24, 2.45) is 10.9 Å². The predicted molar refractivity (Wildman–Crippen MR) is 129 cm³/mol. The summed E-state index contributed by atoms with van der Waals surface area (Å²) >= 11 is 0. The molecule has 1 atom stereocenters. The van der Waals surface area contributed by atoms with Gasteiger partial charge in [0, 0.05) is 44.2 Å². The van der Waals surface area contributed by atoms with Gasteiger partial charge in [0.2, 0.25) is 5.91 Å². The molecule has 1 fully saturated rings. The molecule has 1 amide bonds. The minimum atomic E-state index is 0.232. The van der Waals surface area contributed by atoms with Crippen LogP contribution in [0.2, 0.25) is 0 Å². The fourth-order valence-corrected chi connectivity index (χ4v) is 4.02. The van der Waals surface area contributed by atoms with Gasteiger partial charge in [-0.2, -0.15) is 0 Å². The molecule has 0 bridgehead atoms. The first kappa shape index (κ1) is 22.5. The number of hydrogen-bond acceptors (Lipinski definition) is 4. The molecule has 8 heteroatoms. The van der Waals surface area contributed by atoms with Crippen molar-refractivity contribution in [2.45, 2.75) is 26.3 Å². The Morgan fingerprint density at radius 3 is 2.61 bits per heavy atom. The first-order valence-corrected chi connectivity index (χ1v) is 11.5. The number of likely N-dealkylation sites (tertiary alicyclic amines) is 1. The first-order chi connectivity index (χ1) is 16.2. The molecular formula is C25H31N7O. The number of nitrogens with one attached hydrogen (secondary N) is 2. The van der Waals surface area contributed by atoms with Gasteiger partial charge in [0.25, 0.3) is 0 Å². The Morgan fingerprint density at radius 2 is 1.85 bits per heavy atom. The predicted octanol–water partition coefficient (Wildman–Crippen LogP) is 2.41. The number of guanidine groups is 1. The molecule has 4 rings (SSSR count). The van der Waals surface area contributed by atoms with Crippen LogP contribution < -0.4 is 10.6 Å². The lowest BCUT2D eigenvalue weighted by Crippen LogP contribution is -2.40. The highest BCUT2D eigenvalue weighted by molar-refractivity contribution is 5.81. The molecule has 2 heterocycles. The first-order valence-electron chi connectivity index (χ1n) is 11.5. The standard InChI is InChI=1S/C25H31N7O/c1-2-26-25(28-17-23-30-29-19-32(23)22-11-7-4-8-12-22)27-16-21-15-24(33)31(18-21)14-13-20-9-5-3-6-10-20/h3-12,19,21H,2,13-18H2,1H3,(H2,26,27,28). The van der Waals surface area contributed by atoms with Crippen molar-refractivity contribution in [3.8, 4) is 5.69 Å². The molecule has 0 saturated carbocycles. The summed E-state index contributed by atoms with van der Waals surface area (Å²) in [5, 5.41) is 15.0. The average molecular weight is 446 g/mol. The molecule has 0 spiro atoms. The maximum atomic E-state index is 12.5. The molecule has 2 N–H and O–H groups in total. The van der Waals surface area contributed by atoms with Crippen LogP contribution in [0.15, 0.2) is 72.0 Å². The SMILES string of the molecule is CCNC(=NCc1nncn1-c1ccccc1)NCC1CC(=O)N(CCc2ccccc2)C1. The van der Waals surface area contributed by atoms with Crippen LogP contribution in [-0.4, -0.2) is 57.7 Å². The lowest BCUT2D eigenvalue weighted by Gasteiger charge is -2.18. The summed E-state index contributed by atoms with van der Waals surface area (Å²) in [5.41, 5.74) is 2.27. The molecule has 1 aliphatic heterocycles. The van der Waals surface area contributed by atoms with E-state index in [1.807, 2.05) is 64.9 Å². The van der Waals surface area contributed by atoms with Crippen LogP contribution in [0.5, 0.6) is 0 Å². The van der Waals surface area contributed by atoms with Gasteiger partial charge < -0.3 is 15.5 Å². The van der Waals surface area contributed by atoms with Gasteiger partial charge in [-0.1, -0.05) is 48.5 Å². The van der Waals surface area contributed by atoms with Crippen molar-refractivity contribution in [2.75, 3.05) is 26.2 Å². The number of carbonyl (C=O) groups is 1. The normalized spacial score (nSPS) is 16.3. The third-order valence-electron chi connectivity index (χ3n) is 5.74. The molecule has 1 aromatic heterocycles. The zero-order chi connectivity index (χ0) is 22.9. The summed E-state index contributed by atoms with van der Waals surface area (Å²) in [6.07, 6.45) is 3.16. The van der Waals surface area contributed by atoms with E-state index >= 15 is 0 Å². The molecule has 1 aliphatic rings. The summed E-state index contributed by atoms with van der Waals surface area (Å²) in [6, 6.07) is 20.3. The Hall–Kier alpha value is -3.68. The molecule has 3 aromatic rings. The van der Waals surface area contributed by atoms with Gasteiger partial charge in [-0.15, -0.1) is 10.2 Å². The smallest absolute Gasteiger partial charge is 0.223 e. The number of carbonyl (C=O) groups excluding carboxylic acids is 1. The number of benzene rings is 2. The Bertz CT molecular complexity index is 1050. The largest absolute Gasteiger partial charge is 0.357 e. The van der Waals surface area contributed by atoms with Gasteiger partial charge in [0.1, 0.15) is 12.9 Å². The monoisotopic (exact) mass is 445 g/mol.